The lowest BCUT2D eigenvalue weighted by atomic mass is 10.0. The number of rotatable bonds is 6. The van der Waals surface area contributed by atoms with E-state index in [-0.39, 0.29) is 17.4 Å². The SMILES string of the molecule is C[NH+](CC(=O)NC(C)(C)C)CC(=O)N(C1=CCCCC1)C1CC1. The van der Waals surface area contributed by atoms with Gasteiger partial charge in [0.25, 0.3) is 11.8 Å². The quantitative estimate of drug-likeness (QED) is 0.762. The van der Waals surface area contributed by atoms with Crippen LogP contribution in [0.2, 0.25) is 0 Å². The molecule has 0 heterocycles. The second-order valence-electron chi connectivity index (χ2n) is 8.04. The lowest BCUT2D eigenvalue weighted by Crippen LogP contribution is -3.11. The van der Waals surface area contributed by atoms with E-state index in [0.717, 1.165) is 30.6 Å². The second kappa shape index (κ2) is 7.47. The molecule has 0 aromatic carbocycles. The van der Waals surface area contributed by atoms with Crippen molar-refractivity contribution in [1.29, 1.82) is 0 Å². The largest absolute Gasteiger partial charge is 0.347 e. The first-order valence-corrected chi connectivity index (χ1v) is 8.89. The molecule has 2 rings (SSSR count). The molecule has 0 bridgehead atoms. The molecule has 2 N–H and O–H groups in total. The van der Waals surface area contributed by atoms with Crippen LogP contribution in [-0.4, -0.2) is 48.4 Å². The van der Waals surface area contributed by atoms with Crippen LogP contribution in [0.5, 0.6) is 0 Å². The summed E-state index contributed by atoms with van der Waals surface area (Å²) in [6.07, 6.45) is 8.99. The van der Waals surface area contributed by atoms with Crippen molar-refractivity contribution in [3.05, 3.63) is 11.8 Å². The number of amides is 2. The first kappa shape index (κ1) is 18.0. The molecule has 2 aliphatic carbocycles. The fourth-order valence-electron chi connectivity index (χ4n) is 3.11. The van der Waals surface area contributed by atoms with E-state index in [2.05, 4.69) is 11.4 Å². The number of carbonyl (C=O) groups excluding carboxylic acids is 2. The smallest absolute Gasteiger partial charge is 0.282 e. The van der Waals surface area contributed by atoms with Crippen LogP contribution >= 0.6 is 0 Å². The van der Waals surface area contributed by atoms with Gasteiger partial charge in [-0.25, -0.2) is 0 Å². The van der Waals surface area contributed by atoms with Gasteiger partial charge >= 0.3 is 0 Å². The van der Waals surface area contributed by atoms with Gasteiger partial charge in [0.2, 0.25) is 0 Å². The zero-order chi connectivity index (χ0) is 17.0. The number of nitrogens with one attached hydrogen (secondary N) is 2. The number of hydrogen-bond acceptors (Lipinski definition) is 2. The van der Waals surface area contributed by atoms with E-state index in [0.29, 0.717) is 19.1 Å². The van der Waals surface area contributed by atoms with Gasteiger partial charge in [-0.15, -0.1) is 0 Å². The summed E-state index contributed by atoms with van der Waals surface area (Å²) in [5, 5.41) is 2.95. The Balaban J connectivity index is 1.88. The maximum absolute atomic E-state index is 12.7. The van der Waals surface area contributed by atoms with Crippen LogP contribution in [0, 0.1) is 0 Å². The van der Waals surface area contributed by atoms with Crippen molar-refractivity contribution in [2.75, 3.05) is 20.1 Å². The van der Waals surface area contributed by atoms with Gasteiger partial charge in [0.15, 0.2) is 13.1 Å². The molecule has 130 valence electrons. The summed E-state index contributed by atoms with van der Waals surface area (Å²) in [5.74, 6) is 0.166. The minimum absolute atomic E-state index is 0.00217. The molecule has 2 amide bonds. The van der Waals surface area contributed by atoms with Crippen LogP contribution < -0.4 is 10.2 Å². The van der Waals surface area contributed by atoms with Gasteiger partial charge < -0.3 is 15.1 Å². The zero-order valence-corrected chi connectivity index (χ0v) is 15.1. The second-order valence-corrected chi connectivity index (χ2v) is 8.04. The molecule has 5 heteroatoms. The molecule has 1 saturated carbocycles. The Hall–Kier alpha value is -1.36. The predicted molar refractivity (Wildman–Crippen MR) is 90.9 cm³/mol. The number of likely N-dealkylation sites (N-methyl/N-ethyl adjacent to an activating group) is 1. The molecule has 0 radical (unpaired) electrons. The fourth-order valence-corrected chi connectivity index (χ4v) is 3.11. The van der Waals surface area contributed by atoms with Crippen molar-refractivity contribution in [2.45, 2.75) is 70.9 Å². The van der Waals surface area contributed by atoms with Gasteiger partial charge in [0, 0.05) is 17.3 Å². The van der Waals surface area contributed by atoms with E-state index in [9.17, 15) is 9.59 Å². The summed E-state index contributed by atoms with van der Waals surface area (Å²) in [5.41, 5.74) is 0.990. The van der Waals surface area contributed by atoms with E-state index in [4.69, 9.17) is 0 Å². The molecule has 0 aromatic heterocycles. The van der Waals surface area contributed by atoms with Crippen molar-refractivity contribution in [2.24, 2.45) is 0 Å². The average Bonchev–Trinajstić information content (AvgIpc) is 3.22. The molecule has 1 atom stereocenters. The molecule has 1 unspecified atom stereocenters. The van der Waals surface area contributed by atoms with Gasteiger partial charge in [0.1, 0.15) is 0 Å². The number of nitrogens with zero attached hydrogens (tertiary/aromatic N) is 1. The maximum atomic E-state index is 12.7. The topological polar surface area (TPSA) is 53.9 Å². The molecule has 5 nitrogen and oxygen atoms in total. The van der Waals surface area contributed by atoms with Crippen LogP contribution in [-0.2, 0) is 9.59 Å². The summed E-state index contributed by atoms with van der Waals surface area (Å²) in [4.78, 5) is 27.7. The number of hydrogen-bond donors (Lipinski definition) is 2. The summed E-state index contributed by atoms with van der Waals surface area (Å²) >= 11 is 0. The molecule has 0 spiro atoms. The number of carbonyl (C=O) groups is 2. The minimum Gasteiger partial charge on any atom is -0.347 e. The monoisotopic (exact) mass is 322 g/mol. The Kier molecular flexibility index (Phi) is 5.84. The maximum Gasteiger partial charge on any atom is 0.282 e. The fraction of sp³-hybridized carbons (Fsp3) is 0.778. The van der Waals surface area contributed by atoms with Crippen LogP contribution in [0.4, 0.5) is 0 Å². The molecule has 0 saturated heterocycles. The van der Waals surface area contributed by atoms with Gasteiger partial charge in [0.05, 0.1) is 7.05 Å². The Bertz CT molecular complexity index is 475. The van der Waals surface area contributed by atoms with Crippen molar-refractivity contribution < 1.29 is 14.5 Å². The highest BCUT2D eigenvalue weighted by Gasteiger charge is 2.36. The Morgan fingerprint density at radius 2 is 1.96 bits per heavy atom. The minimum atomic E-state index is -0.228. The highest BCUT2D eigenvalue weighted by atomic mass is 16.2. The van der Waals surface area contributed by atoms with Crippen molar-refractivity contribution in [3.8, 4) is 0 Å². The van der Waals surface area contributed by atoms with E-state index in [1.807, 2.05) is 32.7 Å². The van der Waals surface area contributed by atoms with E-state index in [1.54, 1.807) is 0 Å². The Labute approximate surface area is 140 Å². The van der Waals surface area contributed by atoms with Gasteiger partial charge in [-0.2, -0.15) is 0 Å². The normalized spacial score (nSPS) is 19.7. The highest BCUT2D eigenvalue weighted by molar-refractivity contribution is 5.81. The van der Waals surface area contributed by atoms with Crippen LogP contribution in [0.1, 0.15) is 59.3 Å². The molecule has 0 aromatic rings. The third-order valence-corrected chi connectivity index (χ3v) is 4.19. The van der Waals surface area contributed by atoms with Gasteiger partial charge in [-0.05, 0) is 59.3 Å². The molecule has 1 fully saturated rings. The summed E-state index contributed by atoms with van der Waals surface area (Å²) in [6, 6.07) is 0.406. The third kappa shape index (κ3) is 5.98. The van der Waals surface area contributed by atoms with Crippen LogP contribution in [0.3, 0.4) is 0 Å². The van der Waals surface area contributed by atoms with E-state index in [1.165, 1.54) is 18.5 Å². The predicted octanol–water partition coefficient (Wildman–Crippen LogP) is 0.865. The van der Waals surface area contributed by atoms with E-state index < -0.39 is 0 Å². The lowest BCUT2D eigenvalue weighted by Gasteiger charge is -2.28. The summed E-state index contributed by atoms with van der Waals surface area (Å²) in [6.45, 7) is 6.62. The molecular formula is C18H32N3O2+. The number of quaternary nitrogens is 1. The van der Waals surface area contributed by atoms with Crippen molar-refractivity contribution in [3.63, 3.8) is 0 Å². The van der Waals surface area contributed by atoms with Gasteiger partial charge in [-0.1, -0.05) is 6.08 Å². The molecular weight excluding hydrogens is 290 g/mol. The highest BCUT2D eigenvalue weighted by Crippen LogP contribution is 2.33. The third-order valence-electron chi connectivity index (χ3n) is 4.19. The van der Waals surface area contributed by atoms with E-state index >= 15 is 0 Å². The molecule has 2 aliphatic rings. The molecule has 0 aliphatic heterocycles. The summed E-state index contributed by atoms with van der Waals surface area (Å²) < 4.78 is 0. The first-order chi connectivity index (χ1) is 10.8. The van der Waals surface area contributed by atoms with Crippen LogP contribution in [0.15, 0.2) is 11.8 Å². The average molecular weight is 322 g/mol. The van der Waals surface area contributed by atoms with Crippen molar-refractivity contribution in [1.82, 2.24) is 10.2 Å². The van der Waals surface area contributed by atoms with Gasteiger partial charge in [-0.3, -0.25) is 9.59 Å². The van der Waals surface area contributed by atoms with Crippen molar-refractivity contribution >= 4 is 11.8 Å². The Morgan fingerprint density at radius 3 is 2.48 bits per heavy atom. The first-order valence-electron chi connectivity index (χ1n) is 8.89. The lowest BCUT2D eigenvalue weighted by molar-refractivity contribution is -0.863. The Morgan fingerprint density at radius 1 is 1.26 bits per heavy atom. The summed E-state index contributed by atoms with van der Waals surface area (Å²) in [7, 11) is 1.92. The standard InChI is InChI=1S/C18H31N3O2/c1-18(2,3)19-16(22)12-20(4)13-17(23)21(15-10-11-15)14-8-6-5-7-9-14/h8,15H,5-7,9-13H2,1-4H3,(H,19,22)/p+1. The zero-order valence-electron chi connectivity index (χ0n) is 15.1. The van der Waals surface area contributed by atoms with Crippen LogP contribution in [0.25, 0.3) is 0 Å². The molecule has 23 heavy (non-hydrogen) atoms. The number of allylic oxidation sites excluding steroid dienone is 2.